The van der Waals surface area contributed by atoms with Gasteiger partial charge in [0, 0.05) is 26.2 Å². The molecule has 0 radical (unpaired) electrons. The van der Waals surface area contributed by atoms with E-state index < -0.39 is 5.97 Å². The molecule has 2 aliphatic rings. The van der Waals surface area contributed by atoms with Crippen molar-refractivity contribution in [2.45, 2.75) is 50.4 Å². The van der Waals surface area contributed by atoms with Crippen LogP contribution in [-0.4, -0.2) is 52.5 Å². The molecule has 1 aromatic rings. The predicted molar refractivity (Wildman–Crippen MR) is 86.2 cm³/mol. The van der Waals surface area contributed by atoms with Gasteiger partial charge in [0.15, 0.2) is 0 Å². The van der Waals surface area contributed by atoms with Crippen LogP contribution in [0.3, 0.4) is 0 Å². The van der Waals surface area contributed by atoms with Gasteiger partial charge in [0.05, 0.1) is 18.1 Å². The summed E-state index contributed by atoms with van der Waals surface area (Å²) in [4.78, 5) is 13.1. The van der Waals surface area contributed by atoms with E-state index in [2.05, 4.69) is 4.90 Å². The molecule has 0 bridgehead atoms. The highest BCUT2D eigenvalue weighted by molar-refractivity contribution is 5.70. The normalized spacial score (nSPS) is 24.7. The molecule has 2 N–H and O–H groups in total. The number of aliphatic carboxylic acids is 1. The van der Waals surface area contributed by atoms with Crippen molar-refractivity contribution in [1.29, 1.82) is 0 Å². The highest BCUT2D eigenvalue weighted by atomic mass is 16.5. The van der Waals surface area contributed by atoms with E-state index in [-0.39, 0.29) is 18.1 Å². The molecule has 1 aromatic carbocycles. The van der Waals surface area contributed by atoms with Crippen LogP contribution in [0.1, 0.15) is 36.8 Å². The van der Waals surface area contributed by atoms with Crippen LogP contribution in [0.2, 0.25) is 0 Å². The Bertz CT molecular complexity index is 534. The molecule has 0 aliphatic carbocycles. The van der Waals surface area contributed by atoms with Crippen LogP contribution in [0.25, 0.3) is 0 Å². The van der Waals surface area contributed by atoms with Crippen molar-refractivity contribution < 1.29 is 19.7 Å². The molecule has 5 heteroatoms. The quantitative estimate of drug-likeness (QED) is 0.886. The lowest BCUT2D eigenvalue weighted by atomic mass is 9.82. The maximum Gasteiger partial charge on any atom is 0.307 e. The molecule has 0 aromatic heterocycles. The van der Waals surface area contributed by atoms with E-state index in [4.69, 9.17) is 9.84 Å². The molecule has 1 unspecified atom stereocenters. The Hall–Kier alpha value is -1.43. The summed E-state index contributed by atoms with van der Waals surface area (Å²) >= 11 is 0. The van der Waals surface area contributed by atoms with Crippen LogP contribution < -0.4 is 0 Å². The van der Waals surface area contributed by atoms with Crippen LogP contribution >= 0.6 is 0 Å². The van der Waals surface area contributed by atoms with Gasteiger partial charge in [0.25, 0.3) is 0 Å². The second-order valence-corrected chi connectivity index (χ2v) is 6.73. The number of aliphatic hydroxyl groups is 1. The molecule has 2 heterocycles. The lowest BCUT2D eigenvalue weighted by Gasteiger charge is -2.46. The molecular weight excluding hydrogens is 294 g/mol. The van der Waals surface area contributed by atoms with Gasteiger partial charge in [0.1, 0.15) is 0 Å². The number of likely N-dealkylation sites (tertiary alicyclic amines) is 1. The summed E-state index contributed by atoms with van der Waals surface area (Å²) in [7, 11) is 0. The minimum Gasteiger partial charge on any atom is -0.481 e. The highest BCUT2D eigenvalue weighted by Crippen LogP contribution is 2.35. The van der Waals surface area contributed by atoms with Gasteiger partial charge in [-0.1, -0.05) is 24.3 Å². The first-order chi connectivity index (χ1) is 11.1. The molecule has 23 heavy (non-hydrogen) atoms. The van der Waals surface area contributed by atoms with Crippen molar-refractivity contribution in [3.05, 3.63) is 35.4 Å². The first-order valence-electron chi connectivity index (χ1n) is 8.41. The van der Waals surface area contributed by atoms with Crippen LogP contribution in [0.15, 0.2) is 24.3 Å². The third-order valence-electron chi connectivity index (χ3n) is 5.11. The lowest BCUT2D eigenvalue weighted by molar-refractivity contribution is -0.177. The molecule has 2 aliphatic heterocycles. The zero-order valence-electron chi connectivity index (χ0n) is 13.4. The second-order valence-electron chi connectivity index (χ2n) is 6.73. The van der Waals surface area contributed by atoms with Crippen LogP contribution in [-0.2, 0) is 22.5 Å². The number of piperidine rings is 1. The summed E-state index contributed by atoms with van der Waals surface area (Å²) in [5.74, 6) is -0.801. The van der Waals surface area contributed by atoms with Gasteiger partial charge in [-0.05, 0) is 36.8 Å². The van der Waals surface area contributed by atoms with Gasteiger partial charge in [-0.3, -0.25) is 9.69 Å². The van der Waals surface area contributed by atoms with E-state index in [9.17, 15) is 9.90 Å². The maximum atomic E-state index is 10.7. The van der Waals surface area contributed by atoms with Crippen molar-refractivity contribution in [3.8, 4) is 0 Å². The number of rotatable bonds is 4. The molecule has 5 nitrogen and oxygen atoms in total. The third kappa shape index (κ3) is 3.91. The van der Waals surface area contributed by atoms with Crippen molar-refractivity contribution in [1.82, 2.24) is 4.90 Å². The fraction of sp³-hybridized carbons (Fsp3) is 0.611. The summed E-state index contributed by atoms with van der Waals surface area (Å²) < 4.78 is 5.94. The number of ether oxygens (including phenoxy) is 1. The van der Waals surface area contributed by atoms with Crippen molar-refractivity contribution in [3.63, 3.8) is 0 Å². The summed E-state index contributed by atoms with van der Waals surface area (Å²) in [6, 6.07) is 7.80. The number of nitrogens with zero attached hydrogens (tertiary/aromatic N) is 1. The Morgan fingerprint density at radius 3 is 2.48 bits per heavy atom. The number of benzene rings is 1. The number of carboxylic acids is 1. The SMILES string of the molecule is O=C(O)Cc1ccc(CN2CCC3(CC2)OCCCC3O)cc1. The van der Waals surface area contributed by atoms with Gasteiger partial charge in [-0.2, -0.15) is 0 Å². The minimum absolute atomic E-state index is 0.0712. The number of carboxylic acid groups (broad SMARTS) is 1. The molecule has 126 valence electrons. The Morgan fingerprint density at radius 1 is 1.22 bits per heavy atom. The summed E-state index contributed by atoms with van der Waals surface area (Å²) in [5, 5.41) is 19.1. The Labute approximate surface area is 136 Å². The van der Waals surface area contributed by atoms with E-state index in [1.54, 1.807) is 0 Å². The Balaban J connectivity index is 1.53. The standard InChI is InChI=1S/C18H25NO4/c20-16-2-1-11-23-18(16)7-9-19(10-8-18)13-15-5-3-14(4-6-15)12-17(21)22/h3-6,16,20H,1-2,7-13H2,(H,21,22). The minimum atomic E-state index is -0.801. The Morgan fingerprint density at radius 2 is 1.87 bits per heavy atom. The Kier molecular flexibility index (Phi) is 4.99. The molecular formula is C18H25NO4. The van der Waals surface area contributed by atoms with Crippen LogP contribution in [0, 0.1) is 0 Å². The van der Waals surface area contributed by atoms with E-state index >= 15 is 0 Å². The molecule has 1 atom stereocenters. The lowest BCUT2D eigenvalue weighted by Crippen LogP contribution is -2.55. The molecule has 3 rings (SSSR count). The first kappa shape index (κ1) is 16.4. The number of hydrogen-bond acceptors (Lipinski definition) is 4. The fourth-order valence-corrected chi connectivity index (χ4v) is 3.67. The fourth-order valence-electron chi connectivity index (χ4n) is 3.67. The van der Waals surface area contributed by atoms with E-state index in [1.807, 2.05) is 24.3 Å². The average Bonchev–Trinajstić information content (AvgIpc) is 2.54. The van der Waals surface area contributed by atoms with Crippen LogP contribution in [0.5, 0.6) is 0 Å². The molecule has 0 amide bonds. The van der Waals surface area contributed by atoms with Crippen molar-refractivity contribution in [2.75, 3.05) is 19.7 Å². The summed E-state index contributed by atoms with van der Waals surface area (Å²) in [6.07, 6.45) is 3.31. The van der Waals surface area contributed by atoms with Crippen molar-refractivity contribution in [2.24, 2.45) is 0 Å². The van der Waals surface area contributed by atoms with Gasteiger partial charge in [0.2, 0.25) is 0 Å². The van der Waals surface area contributed by atoms with Crippen molar-refractivity contribution >= 4 is 5.97 Å². The van der Waals surface area contributed by atoms with E-state index in [0.29, 0.717) is 0 Å². The number of aliphatic hydroxyl groups excluding tert-OH is 1. The van der Waals surface area contributed by atoms with Gasteiger partial charge < -0.3 is 14.9 Å². The summed E-state index contributed by atoms with van der Waals surface area (Å²) in [6.45, 7) is 3.48. The molecule has 0 saturated carbocycles. The van der Waals surface area contributed by atoms with E-state index in [0.717, 1.165) is 57.5 Å². The largest absolute Gasteiger partial charge is 0.481 e. The van der Waals surface area contributed by atoms with Crippen LogP contribution in [0.4, 0.5) is 0 Å². The first-order valence-corrected chi connectivity index (χ1v) is 8.41. The molecule has 2 saturated heterocycles. The zero-order valence-corrected chi connectivity index (χ0v) is 13.4. The topological polar surface area (TPSA) is 70.0 Å². The number of hydrogen-bond donors (Lipinski definition) is 2. The number of carbonyl (C=O) groups is 1. The highest BCUT2D eigenvalue weighted by Gasteiger charge is 2.43. The monoisotopic (exact) mass is 319 g/mol. The van der Waals surface area contributed by atoms with Gasteiger partial charge in [-0.25, -0.2) is 0 Å². The molecule has 2 fully saturated rings. The maximum absolute atomic E-state index is 10.7. The third-order valence-corrected chi connectivity index (χ3v) is 5.11. The van der Waals surface area contributed by atoms with Gasteiger partial charge >= 0.3 is 5.97 Å². The second kappa shape index (κ2) is 6.99. The molecule has 1 spiro atoms. The van der Waals surface area contributed by atoms with Gasteiger partial charge in [-0.15, -0.1) is 0 Å². The predicted octanol–water partition coefficient (Wildman–Crippen LogP) is 1.82. The smallest absolute Gasteiger partial charge is 0.307 e. The van der Waals surface area contributed by atoms with E-state index in [1.165, 1.54) is 5.56 Å². The summed E-state index contributed by atoms with van der Waals surface area (Å²) in [5.41, 5.74) is 1.71. The average molecular weight is 319 g/mol. The zero-order chi connectivity index (χ0) is 16.3.